The van der Waals surface area contributed by atoms with Crippen LogP contribution in [0.15, 0.2) is 78.9 Å². The van der Waals surface area contributed by atoms with Crippen molar-refractivity contribution in [1.82, 2.24) is 5.32 Å². The largest absolute Gasteiger partial charge is 0.449 e. The Labute approximate surface area is 189 Å². The van der Waals surface area contributed by atoms with E-state index >= 15 is 0 Å². The van der Waals surface area contributed by atoms with Gasteiger partial charge in [-0.3, -0.25) is 0 Å². The number of anilines is 1. The Hall–Kier alpha value is -3.53. The first kappa shape index (κ1) is 20.4. The zero-order chi connectivity index (χ0) is 21.8. The molecule has 1 heterocycles. The number of rotatable bonds is 6. The molecule has 4 nitrogen and oxygen atoms in total. The molecular weight excluding hydrogens is 396 g/mol. The van der Waals surface area contributed by atoms with Gasteiger partial charge in [-0.2, -0.15) is 0 Å². The highest BCUT2D eigenvalue weighted by molar-refractivity contribution is 5.79. The van der Waals surface area contributed by atoms with E-state index in [0.29, 0.717) is 13.2 Å². The van der Waals surface area contributed by atoms with Crippen LogP contribution in [0, 0.1) is 0 Å². The molecule has 3 aromatic carbocycles. The standard InChI is InChI=1S/C28H28N2O2/c31-28(29-17-9-11-21-10-1-6-16-27(21)30-18-7-8-19-30)32-20-26-24-14-4-2-12-22(24)23-13-3-5-15-25(23)26/h1-6,9-16,26H,7-8,17-20H2,(H,29,31). The van der Waals surface area contributed by atoms with Gasteiger partial charge in [0.15, 0.2) is 0 Å². The number of amides is 1. The lowest BCUT2D eigenvalue weighted by atomic mass is 9.98. The maximum atomic E-state index is 12.3. The number of hydrogen-bond donors (Lipinski definition) is 1. The first-order chi connectivity index (χ1) is 15.8. The summed E-state index contributed by atoms with van der Waals surface area (Å²) in [5.41, 5.74) is 7.36. The number of carbonyl (C=O) groups is 1. The molecule has 2 aliphatic rings. The van der Waals surface area contributed by atoms with Crippen molar-refractivity contribution in [1.29, 1.82) is 0 Å². The molecule has 1 fully saturated rings. The number of nitrogens with one attached hydrogen (secondary N) is 1. The van der Waals surface area contributed by atoms with Gasteiger partial charge in [0.25, 0.3) is 0 Å². The summed E-state index contributed by atoms with van der Waals surface area (Å²) in [6, 6.07) is 25.2. The van der Waals surface area contributed by atoms with Crippen LogP contribution in [-0.2, 0) is 4.74 Å². The molecule has 162 valence electrons. The third-order valence-electron chi connectivity index (χ3n) is 6.39. The van der Waals surface area contributed by atoms with Gasteiger partial charge in [0.05, 0.1) is 0 Å². The lowest BCUT2D eigenvalue weighted by molar-refractivity contribution is 0.144. The summed E-state index contributed by atoms with van der Waals surface area (Å²) in [7, 11) is 0. The zero-order valence-electron chi connectivity index (χ0n) is 18.2. The smallest absolute Gasteiger partial charge is 0.407 e. The van der Waals surface area contributed by atoms with E-state index < -0.39 is 0 Å². The van der Waals surface area contributed by atoms with Crippen LogP contribution < -0.4 is 10.2 Å². The van der Waals surface area contributed by atoms with Crippen LogP contribution >= 0.6 is 0 Å². The van der Waals surface area contributed by atoms with Crippen LogP contribution in [0.2, 0.25) is 0 Å². The molecule has 1 aliphatic carbocycles. The molecule has 3 aromatic rings. The molecule has 0 atom stereocenters. The number of para-hydroxylation sites is 1. The molecule has 5 rings (SSSR count). The highest BCUT2D eigenvalue weighted by Crippen LogP contribution is 2.44. The third kappa shape index (κ3) is 4.13. The predicted molar refractivity (Wildman–Crippen MR) is 130 cm³/mol. The molecule has 1 saturated heterocycles. The molecule has 0 unspecified atom stereocenters. The van der Waals surface area contributed by atoms with Gasteiger partial charge < -0.3 is 15.0 Å². The van der Waals surface area contributed by atoms with E-state index in [4.69, 9.17) is 4.74 Å². The number of nitrogens with zero attached hydrogens (tertiary/aromatic N) is 1. The molecule has 0 bridgehead atoms. The summed E-state index contributed by atoms with van der Waals surface area (Å²) in [5.74, 6) is 0.0797. The Balaban J connectivity index is 1.17. The number of fused-ring (bicyclic) bond motifs is 3. The van der Waals surface area contributed by atoms with Crippen LogP contribution in [0.3, 0.4) is 0 Å². The minimum atomic E-state index is -0.385. The fraction of sp³-hybridized carbons (Fsp3) is 0.250. The van der Waals surface area contributed by atoms with E-state index in [2.05, 4.69) is 77.0 Å². The van der Waals surface area contributed by atoms with Crippen molar-refractivity contribution in [2.45, 2.75) is 18.8 Å². The lowest BCUT2D eigenvalue weighted by Crippen LogP contribution is -2.26. The fourth-order valence-corrected chi connectivity index (χ4v) is 4.85. The van der Waals surface area contributed by atoms with E-state index in [9.17, 15) is 4.79 Å². The molecule has 4 heteroatoms. The fourth-order valence-electron chi connectivity index (χ4n) is 4.85. The van der Waals surface area contributed by atoms with Crippen molar-refractivity contribution in [3.8, 4) is 11.1 Å². The number of alkyl carbamates (subject to hydrolysis) is 1. The Kier molecular flexibility index (Phi) is 5.93. The van der Waals surface area contributed by atoms with Gasteiger partial charge in [-0.15, -0.1) is 0 Å². The van der Waals surface area contributed by atoms with E-state index in [1.165, 1.54) is 46.3 Å². The third-order valence-corrected chi connectivity index (χ3v) is 6.39. The van der Waals surface area contributed by atoms with E-state index in [-0.39, 0.29) is 12.0 Å². The Morgan fingerprint density at radius 3 is 2.25 bits per heavy atom. The van der Waals surface area contributed by atoms with Crippen molar-refractivity contribution in [2.24, 2.45) is 0 Å². The van der Waals surface area contributed by atoms with Crippen LogP contribution in [0.4, 0.5) is 10.5 Å². The molecule has 0 saturated carbocycles. The van der Waals surface area contributed by atoms with E-state index in [1.807, 2.05) is 18.2 Å². The molecular formula is C28H28N2O2. The van der Waals surface area contributed by atoms with Crippen LogP contribution in [0.1, 0.15) is 35.4 Å². The van der Waals surface area contributed by atoms with Crippen LogP contribution in [-0.4, -0.2) is 32.3 Å². The minimum Gasteiger partial charge on any atom is -0.449 e. The highest BCUT2D eigenvalue weighted by Gasteiger charge is 2.28. The van der Waals surface area contributed by atoms with Gasteiger partial charge in [-0.1, -0.05) is 78.9 Å². The summed E-state index contributed by atoms with van der Waals surface area (Å²) in [6.07, 6.45) is 6.18. The number of ether oxygens (including phenoxy) is 1. The van der Waals surface area contributed by atoms with Gasteiger partial charge in [-0.05, 0) is 46.7 Å². The molecule has 0 spiro atoms. The second kappa shape index (κ2) is 9.31. The summed E-state index contributed by atoms with van der Waals surface area (Å²) in [5, 5.41) is 2.85. The summed E-state index contributed by atoms with van der Waals surface area (Å²) in [4.78, 5) is 14.8. The monoisotopic (exact) mass is 424 g/mol. The minimum absolute atomic E-state index is 0.0797. The van der Waals surface area contributed by atoms with Crippen molar-refractivity contribution < 1.29 is 9.53 Å². The Morgan fingerprint density at radius 1 is 0.906 bits per heavy atom. The Bertz CT molecular complexity index is 1090. The normalized spacial score (nSPS) is 15.1. The van der Waals surface area contributed by atoms with Crippen LogP contribution in [0.5, 0.6) is 0 Å². The summed E-state index contributed by atoms with van der Waals surface area (Å²) in [6.45, 7) is 3.00. The maximum absolute atomic E-state index is 12.3. The van der Waals surface area contributed by atoms with E-state index in [1.54, 1.807) is 0 Å². The first-order valence-corrected chi connectivity index (χ1v) is 11.4. The lowest BCUT2D eigenvalue weighted by Gasteiger charge is -2.20. The van der Waals surface area contributed by atoms with Gasteiger partial charge >= 0.3 is 6.09 Å². The molecule has 0 radical (unpaired) electrons. The van der Waals surface area contributed by atoms with Gasteiger partial charge in [0, 0.05) is 31.2 Å². The first-order valence-electron chi connectivity index (χ1n) is 11.4. The SMILES string of the molecule is O=C(NCC=Cc1ccccc1N1CCCC1)OCC1c2ccccc2-c2ccccc21. The van der Waals surface area contributed by atoms with E-state index in [0.717, 1.165) is 13.1 Å². The topological polar surface area (TPSA) is 41.6 Å². The van der Waals surface area contributed by atoms with Gasteiger partial charge in [0.2, 0.25) is 0 Å². The van der Waals surface area contributed by atoms with Gasteiger partial charge in [-0.25, -0.2) is 4.79 Å². The molecule has 1 N–H and O–H groups in total. The number of hydrogen-bond acceptors (Lipinski definition) is 3. The second-order valence-electron chi connectivity index (χ2n) is 8.36. The quantitative estimate of drug-likeness (QED) is 0.541. The molecule has 0 aromatic heterocycles. The Morgan fingerprint density at radius 2 is 1.53 bits per heavy atom. The molecule has 1 amide bonds. The van der Waals surface area contributed by atoms with Crippen molar-refractivity contribution in [3.05, 3.63) is 95.6 Å². The highest BCUT2D eigenvalue weighted by atomic mass is 16.5. The van der Waals surface area contributed by atoms with Crippen molar-refractivity contribution in [3.63, 3.8) is 0 Å². The number of carbonyl (C=O) groups excluding carboxylic acids is 1. The number of benzene rings is 3. The predicted octanol–water partition coefficient (Wildman–Crippen LogP) is 5.84. The summed E-state index contributed by atoms with van der Waals surface area (Å²) >= 11 is 0. The average Bonchev–Trinajstić information content (AvgIpc) is 3.48. The maximum Gasteiger partial charge on any atom is 0.407 e. The van der Waals surface area contributed by atoms with Crippen molar-refractivity contribution >= 4 is 17.9 Å². The summed E-state index contributed by atoms with van der Waals surface area (Å²) < 4.78 is 5.60. The molecule has 32 heavy (non-hydrogen) atoms. The second-order valence-corrected chi connectivity index (χ2v) is 8.36. The molecule has 1 aliphatic heterocycles. The zero-order valence-corrected chi connectivity index (χ0v) is 18.2. The average molecular weight is 425 g/mol. The van der Waals surface area contributed by atoms with Crippen LogP contribution in [0.25, 0.3) is 17.2 Å². The van der Waals surface area contributed by atoms with Crippen molar-refractivity contribution in [2.75, 3.05) is 31.1 Å². The van der Waals surface area contributed by atoms with Gasteiger partial charge in [0.1, 0.15) is 6.61 Å².